The van der Waals surface area contributed by atoms with Crippen molar-refractivity contribution >= 4 is 0 Å². The third-order valence-electron chi connectivity index (χ3n) is 4.42. The van der Waals surface area contributed by atoms with Gasteiger partial charge in [0.15, 0.2) is 0 Å². The lowest BCUT2D eigenvalue weighted by molar-refractivity contribution is -0.00906. The highest BCUT2D eigenvalue weighted by Crippen LogP contribution is 2.24. The average molecular weight is 269 g/mol. The summed E-state index contributed by atoms with van der Waals surface area (Å²) in [6, 6.07) is 0. The van der Waals surface area contributed by atoms with E-state index in [2.05, 4.69) is 12.2 Å². The Balaban J connectivity index is 1.92. The molecule has 0 spiro atoms. The summed E-state index contributed by atoms with van der Waals surface area (Å²) in [5.74, 6) is 0. The van der Waals surface area contributed by atoms with Crippen LogP contribution < -0.4 is 5.32 Å². The van der Waals surface area contributed by atoms with Crippen LogP contribution in [0.5, 0.6) is 0 Å². The molecule has 1 saturated carbocycles. The van der Waals surface area contributed by atoms with Crippen molar-refractivity contribution in [2.24, 2.45) is 0 Å². The number of hydrogen-bond acceptors (Lipinski definition) is 2. The van der Waals surface area contributed by atoms with E-state index in [4.69, 9.17) is 0 Å². The van der Waals surface area contributed by atoms with Gasteiger partial charge in [-0.05, 0) is 38.6 Å². The van der Waals surface area contributed by atoms with Gasteiger partial charge < -0.3 is 5.11 Å². The zero-order valence-electron chi connectivity index (χ0n) is 13.1. The van der Waals surface area contributed by atoms with Crippen molar-refractivity contribution in [3.63, 3.8) is 0 Å². The van der Waals surface area contributed by atoms with Gasteiger partial charge in [0.2, 0.25) is 0 Å². The smallest absolute Gasteiger partial charge is 0.116 e. The number of aliphatic hydroxyl groups is 1. The van der Waals surface area contributed by atoms with Crippen molar-refractivity contribution in [1.29, 1.82) is 0 Å². The highest BCUT2D eigenvalue weighted by Gasteiger charge is 2.26. The van der Waals surface area contributed by atoms with Crippen molar-refractivity contribution in [3.8, 4) is 0 Å². The zero-order chi connectivity index (χ0) is 13.8. The van der Waals surface area contributed by atoms with Crippen LogP contribution in [0.15, 0.2) is 0 Å². The van der Waals surface area contributed by atoms with Crippen molar-refractivity contribution in [2.75, 3.05) is 6.54 Å². The third kappa shape index (κ3) is 8.65. The summed E-state index contributed by atoms with van der Waals surface area (Å²) in [7, 11) is 0. The first kappa shape index (κ1) is 17.0. The molecule has 0 aromatic rings. The van der Waals surface area contributed by atoms with Crippen LogP contribution in [0.3, 0.4) is 0 Å². The number of rotatable bonds is 10. The molecule has 0 amide bonds. The average Bonchev–Trinajstić information content (AvgIpc) is 2.62. The molecule has 0 radical (unpaired) electrons. The Kier molecular flexibility index (Phi) is 9.54. The molecule has 19 heavy (non-hydrogen) atoms. The first-order chi connectivity index (χ1) is 9.27. The summed E-state index contributed by atoms with van der Waals surface area (Å²) >= 11 is 0. The Bertz CT molecular complexity index is 197. The predicted molar refractivity (Wildman–Crippen MR) is 83.3 cm³/mol. The Morgan fingerprint density at radius 1 is 0.789 bits per heavy atom. The highest BCUT2D eigenvalue weighted by atomic mass is 16.3. The fourth-order valence-corrected chi connectivity index (χ4v) is 3.07. The molecule has 0 unspecified atom stereocenters. The molecule has 1 aliphatic carbocycles. The lowest BCUT2D eigenvalue weighted by Gasteiger charge is -2.28. The monoisotopic (exact) mass is 269 g/mol. The Morgan fingerprint density at radius 2 is 1.32 bits per heavy atom. The largest absolute Gasteiger partial charge is 0.376 e. The quantitative estimate of drug-likeness (QED) is 0.340. The van der Waals surface area contributed by atoms with E-state index >= 15 is 0 Å². The van der Waals surface area contributed by atoms with Gasteiger partial charge >= 0.3 is 0 Å². The molecule has 0 aliphatic heterocycles. The topological polar surface area (TPSA) is 32.3 Å². The minimum atomic E-state index is -0.544. The fourth-order valence-electron chi connectivity index (χ4n) is 3.07. The van der Waals surface area contributed by atoms with Crippen LogP contribution in [0.25, 0.3) is 0 Å². The molecule has 0 atom stereocenters. The van der Waals surface area contributed by atoms with Gasteiger partial charge in [0.1, 0.15) is 5.72 Å². The van der Waals surface area contributed by atoms with Gasteiger partial charge in [-0.15, -0.1) is 0 Å². The molecule has 1 rings (SSSR count). The Hall–Kier alpha value is -0.0800. The number of nitrogens with one attached hydrogen (secondary N) is 1. The normalized spacial score (nSPS) is 19.3. The lowest BCUT2D eigenvalue weighted by atomic mass is 10.0. The third-order valence-corrected chi connectivity index (χ3v) is 4.42. The van der Waals surface area contributed by atoms with Gasteiger partial charge in [0.25, 0.3) is 0 Å². The second kappa shape index (κ2) is 10.7. The van der Waals surface area contributed by atoms with Gasteiger partial charge in [0.05, 0.1) is 0 Å². The summed E-state index contributed by atoms with van der Waals surface area (Å²) in [6.45, 7) is 3.26. The van der Waals surface area contributed by atoms with Crippen molar-refractivity contribution in [3.05, 3.63) is 0 Å². The van der Waals surface area contributed by atoms with Crippen LogP contribution in [-0.2, 0) is 0 Å². The van der Waals surface area contributed by atoms with Gasteiger partial charge in [-0.1, -0.05) is 64.7 Å². The molecule has 0 aromatic carbocycles. The van der Waals surface area contributed by atoms with Crippen LogP contribution in [0, 0.1) is 0 Å². The summed E-state index contributed by atoms with van der Waals surface area (Å²) < 4.78 is 0. The van der Waals surface area contributed by atoms with E-state index in [1.165, 1.54) is 77.0 Å². The van der Waals surface area contributed by atoms with E-state index in [1.54, 1.807) is 0 Å². The maximum absolute atomic E-state index is 10.4. The van der Waals surface area contributed by atoms with Crippen LogP contribution in [0.4, 0.5) is 0 Å². The zero-order valence-corrected chi connectivity index (χ0v) is 13.1. The number of unbranched alkanes of at least 4 members (excludes halogenated alkanes) is 7. The molecule has 2 N–H and O–H groups in total. The summed E-state index contributed by atoms with van der Waals surface area (Å²) in [4.78, 5) is 0. The van der Waals surface area contributed by atoms with E-state index in [0.717, 1.165) is 19.4 Å². The molecular formula is C17H35NO. The summed E-state index contributed by atoms with van der Waals surface area (Å²) in [5.41, 5.74) is -0.544. The summed E-state index contributed by atoms with van der Waals surface area (Å²) in [6.07, 6.45) is 17.7. The van der Waals surface area contributed by atoms with Gasteiger partial charge in [0, 0.05) is 0 Å². The van der Waals surface area contributed by atoms with E-state index in [1.807, 2.05) is 0 Å². The molecule has 2 heteroatoms. The fraction of sp³-hybridized carbons (Fsp3) is 1.00. The molecule has 1 aliphatic rings. The second-order valence-corrected chi connectivity index (χ2v) is 6.35. The summed E-state index contributed by atoms with van der Waals surface area (Å²) in [5, 5.41) is 13.8. The van der Waals surface area contributed by atoms with Crippen molar-refractivity contribution in [2.45, 2.75) is 103 Å². The van der Waals surface area contributed by atoms with E-state index in [-0.39, 0.29) is 0 Å². The van der Waals surface area contributed by atoms with E-state index in [0.29, 0.717) is 0 Å². The molecule has 0 saturated heterocycles. The minimum Gasteiger partial charge on any atom is -0.376 e. The van der Waals surface area contributed by atoms with E-state index in [9.17, 15) is 5.11 Å². The maximum atomic E-state index is 10.4. The predicted octanol–water partition coefficient (Wildman–Crippen LogP) is 4.76. The first-order valence-corrected chi connectivity index (χ1v) is 8.74. The minimum absolute atomic E-state index is 0.544. The van der Waals surface area contributed by atoms with Crippen LogP contribution in [0.2, 0.25) is 0 Å². The van der Waals surface area contributed by atoms with Crippen LogP contribution in [-0.4, -0.2) is 17.4 Å². The van der Waals surface area contributed by atoms with Gasteiger partial charge in [-0.3, -0.25) is 5.32 Å². The molecule has 0 bridgehead atoms. The van der Waals surface area contributed by atoms with E-state index < -0.39 is 5.72 Å². The highest BCUT2D eigenvalue weighted by molar-refractivity contribution is 4.78. The molecule has 114 valence electrons. The van der Waals surface area contributed by atoms with Gasteiger partial charge in [-0.2, -0.15) is 0 Å². The molecule has 2 nitrogen and oxygen atoms in total. The molecule has 0 aromatic heterocycles. The first-order valence-electron chi connectivity index (χ1n) is 8.74. The van der Waals surface area contributed by atoms with Gasteiger partial charge in [-0.25, -0.2) is 0 Å². The number of hydrogen-bond donors (Lipinski definition) is 2. The molecular weight excluding hydrogens is 234 g/mol. The molecule has 0 heterocycles. The lowest BCUT2D eigenvalue weighted by Crippen LogP contribution is -2.45. The van der Waals surface area contributed by atoms with Crippen LogP contribution >= 0.6 is 0 Å². The van der Waals surface area contributed by atoms with Crippen molar-refractivity contribution < 1.29 is 5.11 Å². The van der Waals surface area contributed by atoms with Crippen molar-refractivity contribution in [1.82, 2.24) is 5.32 Å². The SMILES string of the molecule is CCCCCCCCCCNC1(O)CCCCCC1. The Morgan fingerprint density at radius 3 is 1.89 bits per heavy atom. The standard InChI is InChI=1S/C17H35NO/c1-2-3-4-5-6-7-10-13-16-18-17(19)14-11-8-9-12-15-17/h18-19H,2-16H2,1H3. The Labute approximate surface area is 120 Å². The van der Waals surface area contributed by atoms with Crippen LogP contribution in [0.1, 0.15) is 96.8 Å². The second-order valence-electron chi connectivity index (χ2n) is 6.35. The molecule has 1 fully saturated rings. The maximum Gasteiger partial charge on any atom is 0.116 e.